The van der Waals surface area contributed by atoms with Crippen molar-refractivity contribution < 1.29 is 9.53 Å². The van der Waals surface area contributed by atoms with Gasteiger partial charge in [-0.1, -0.05) is 13.3 Å². The molecule has 0 unspecified atom stereocenters. The molecule has 0 aromatic heterocycles. The van der Waals surface area contributed by atoms with Gasteiger partial charge < -0.3 is 15.0 Å². The number of ether oxygens (including phenoxy) is 1. The van der Waals surface area contributed by atoms with Gasteiger partial charge in [0.1, 0.15) is 5.75 Å². The molecule has 0 spiro atoms. The molecule has 1 amide bonds. The first-order chi connectivity index (χ1) is 12.1. The average Bonchev–Trinajstić information content (AvgIpc) is 2.65. The van der Waals surface area contributed by atoms with Crippen molar-refractivity contribution in [1.82, 2.24) is 10.2 Å². The number of benzene rings is 1. The fourth-order valence-electron chi connectivity index (χ4n) is 3.37. The Bertz CT molecular complexity index is 521. The van der Waals surface area contributed by atoms with Gasteiger partial charge in [0.05, 0.1) is 12.4 Å². The van der Waals surface area contributed by atoms with E-state index in [4.69, 9.17) is 4.74 Å². The Kier molecular flexibility index (Phi) is 8.62. The number of carbonyl (C=O) groups is 1. The van der Waals surface area contributed by atoms with Crippen LogP contribution in [0.5, 0.6) is 5.75 Å². The zero-order chi connectivity index (χ0) is 18.1. The summed E-state index contributed by atoms with van der Waals surface area (Å²) in [5, 5.41) is 3.00. The number of methoxy groups -OCH3 is 1. The van der Waals surface area contributed by atoms with E-state index in [1.54, 1.807) is 18.9 Å². The van der Waals surface area contributed by atoms with Crippen molar-refractivity contribution >= 4 is 17.7 Å². The molecule has 1 aliphatic rings. The van der Waals surface area contributed by atoms with E-state index >= 15 is 0 Å². The highest BCUT2D eigenvalue weighted by atomic mass is 32.2. The predicted octanol–water partition coefficient (Wildman–Crippen LogP) is 3.95. The summed E-state index contributed by atoms with van der Waals surface area (Å²) in [6.07, 6.45) is 6.28. The minimum Gasteiger partial charge on any atom is -0.497 e. The van der Waals surface area contributed by atoms with E-state index < -0.39 is 0 Å². The second kappa shape index (κ2) is 10.7. The summed E-state index contributed by atoms with van der Waals surface area (Å²) in [5.41, 5.74) is 0. The maximum Gasteiger partial charge on any atom is 0.233 e. The molecule has 140 valence electrons. The van der Waals surface area contributed by atoms with Crippen molar-refractivity contribution in [2.75, 3.05) is 26.7 Å². The van der Waals surface area contributed by atoms with Gasteiger partial charge in [-0.2, -0.15) is 0 Å². The molecule has 2 rings (SSSR count). The lowest BCUT2D eigenvalue weighted by molar-refractivity contribution is -0.120. The van der Waals surface area contributed by atoms with Gasteiger partial charge in [-0.3, -0.25) is 4.79 Å². The molecule has 1 N–H and O–H groups in total. The molecule has 25 heavy (non-hydrogen) atoms. The normalized spacial score (nSPS) is 19.4. The number of rotatable bonds is 9. The number of likely N-dealkylation sites (tertiary alicyclic amines) is 1. The van der Waals surface area contributed by atoms with Crippen LogP contribution in [0.4, 0.5) is 0 Å². The first kappa shape index (κ1) is 20.1. The molecule has 5 heteroatoms. The third-order valence-electron chi connectivity index (χ3n) is 4.88. The van der Waals surface area contributed by atoms with Crippen molar-refractivity contribution in [1.29, 1.82) is 0 Å². The van der Waals surface area contributed by atoms with Crippen LogP contribution in [0.15, 0.2) is 29.2 Å². The minimum absolute atomic E-state index is 0.0910. The van der Waals surface area contributed by atoms with E-state index in [9.17, 15) is 4.79 Å². The molecule has 1 aromatic rings. The van der Waals surface area contributed by atoms with Crippen molar-refractivity contribution in [2.24, 2.45) is 0 Å². The van der Waals surface area contributed by atoms with Gasteiger partial charge in [0, 0.05) is 24.0 Å². The highest BCUT2D eigenvalue weighted by molar-refractivity contribution is 8.00. The molecule has 1 heterocycles. The number of nitrogens with zero attached hydrogens (tertiary/aromatic N) is 1. The van der Waals surface area contributed by atoms with Crippen LogP contribution >= 0.6 is 11.8 Å². The predicted molar refractivity (Wildman–Crippen MR) is 105 cm³/mol. The second-order valence-electron chi connectivity index (χ2n) is 6.67. The minimum atomic E-state index is -0.0910. The monoisotopic (exact) mass is 364 g/mol. The number of piperidine rings is 1. The smallest absolute Gasteiger partial charge is 0.233 e. The van der Waals surface area contributed by atoms with Gasteiger partial charge in [-0.15, -0.1) is 11.8 Å². The Balaban J connectivity index is 1.66. The van der Waals surface area contributed by atoms with Gasteiger partial charge >= 0.3 is 0 Å². The second-order valence-corrected chi connectivity index (χ2v) is 8.09. The van der Waals surface area contributed by atoms with Crippen LogP contribution in [0.3, 0.4) is 0 Å². The Hall–Kier alpha value is -1.20. The number of thioether (sulfide) groups is 1. The maximum atomic E-state index is 12.3. The summed E-state index contributed by atoms with van der Waals surface area (Å²) in [6.45, 7) is 7.32. The maximum absolute atomic E-state index is 12.3. The molecule has 1 fully saturated rings. The standard InChI is InChI=1S/C20H32N2O2S/c1-4-17-8-5-6-14-22(17)15-7-13-21-20(23)16(2)25-19-11-9-18(24-3)10-12-19/h9-12,16-17H,4-8,13-15H2,1-3H3,(H,21,23)/t16-,17-/m0/s1. The fourth-order valence-corrected chi connectivity index (χ4v) is 4.26. The molecule has 0 aliphatic carbocycles. The number of hydrogen-bond donors (Lipinski definition) is 1. The Morgan fingerprint density at radius 1 is 1.36 bits per heavy atom. The summed E-state index contributed by atoms with van der Waals surface area (Å²) in [7, 11) is 1.66. The van der Waals surface area contributed by atoms with E-state index in [0.717, 1.165) is 36.2 Å². The Morgan fingerprint density at radius 3 is 2.80 bits per heavy atom. The van der Waals surface area contributed by atoms with E-state index in [0.29, 0.717) is 0 Å². The van der Waals surface area contributed by atoms with Crippen LogP contribution in [0.1, 0.15) is 46.0 Å². The third-order valence-corrected chi connectivity index (χ3v) is 6.00. The summed E-state index contributed by atoms with van der Waals surface area (Å²) in [6, 6.07) is 8.59. The lowest BCUT2D eigenvalue weighted by Crippen LogP contribution is -2.41. The summed E-state index contributed by atoms with van der Waals surface area (Å²) in [5.74, 6) is 0.955. The van der Waals surface area contributed by atoms with Crippen molar-refractivity contribution in [2.45, 2.75) is 62.1 Å². The summed E-state index contributed by atoms with van der Waals surface area (Å²) in [4.78, 5) is 16.0. The molecular formula is C20H32N2O2S. The van der Waals surface area contributed by atoms with Gasteiger partial charge in [-0.25, -0.2) is 0 Å². The SMILES string of the molecule is CC[C@H]1CCCCN1CCCNC(=O)[C@H](C)Sc1ccc(OC)cc1. The lowest BCUT2D eigenvalue weighted by atomic mass is 10.00. The van der Waals surface area contributed by atoms with E-state index in [2.05, 4.69) is 17.1 Å². The van der Waals surface area contributed by atoms with Gasteiger partial charge in [0.25, 0.3) is 0 Å². The average molecular weight is 365 g/mol. The molecule has 2 atom stereocenters. The molecular weight excluding hydrogens is 332 g/mol. The zero-order valence-electron chi connectivity index (χ0n) is 15.8. The third kappa shape index (κ3) is 6.55. The zero-order valence-corrected chi connectivity index (χ0v) is 16.6. The van der Waals surface area contributed by atoms with E-state index in [1.165, 1.54) is 32.2 Å². The van der Waals surface area contributed by atoms with Crippen LogP contribution in [-0.2, 0) is 4.79 Å². The van der Waals surface area contributed by atoms with Crippen LogP contribution in [0.25, 0.3) is 0 Å². The van der Waals surface area contributed by atoms with Crippen LogP contribution in [0.2, 0.25) is 0 Å². The van der Waals surface area contributed by atoms with E-state index in [1.807, 2.05) is 31.2 Å². The molecule has 1 saturated heterocycles. The summed E-state index contributed by atoms with van der Waals surface area (Å²) >= 11 is 1.58. The number of carbonyl (C=O) groups excluding carboxylic acids is 1. The molecule has 0 radical (unpaired) electrons. The van der Waals surface area contributed by atoms with E-state index in [-0.39, 0.29) is 11.2 Å². The number of hydrogen-bond acceptors (Lipinski definition) is 4. The van der Waals surface area contributed by atoms with Gasteiger partial charge in [-0.05, 0) is 63.4 Å². The number of amides is 1. The molecule has 0 saturated carbocycles. The Morgan fingerprint density at radius 2 is 2.12 bits per heavy atom. The fraction of sp³-hybridized carbons (Fsp3) is 0.650. The quantitative estimate of drug-likeness (QED) is 0.532. The van der Waals surface area contributed by atoms with Gasteiger partial charge in [0.2, 0.25) is 5.91 Å². The first-order valence-electron chi connectivity index (χ1n) is 9.46. The molecule has 4 nitrogen and oxygen atoms in total. The first-order valence-corrected chi connectivity index (χ1v) is 10.3. The van der Waals surface area contributed by atoms with Crippen LogP contribution in [-0.4, -0.2) is 48.8 Å². The van der Waals surface area contributed by atoms with Crippen molar-refractivity contribution in [3.63, 3.8) is 0 Å². The lowest BCUT2D eigenvalue weighted by Gasteiger charge is -2.35. The highest BCUT2D eigenvalue weighted by Crippen LogP contribution is 2.25. The van der Waals surface area contributed by atoms with Gasteiger partial charge in [0.15, 0.2) is 0 Å². The molecule has 0 bridgehead atoms. The largest absolute Gasteiger partial charge is 0.497 e. The highest BCUT2D eigenvalue weighted by Gasteiger charge is 2.20. The van der Waals surface area contributed by atoms with Crippen molar-refractivity contribution in [3.8, 4) is 5.75 Å². The number of nitrogens with one attached hydrogen (secondary N) is 1. The Labute approximate surface area is 156 Å². The van der Waals surface area contributed by atoms with Crippen molar-refractivity contribution in [3.05, 3.63) is 24.3 Å². The molecule has 1 aromatic carbocycles. The molecule has 1 aliphatic heterocycles. The van der Waals surface area contributed by atoms with Crippen LogP contribution in [0, 0.1) is 0 Å². The topological polar surface area (TPSA) is 41.6 Å². The van der Waals surface area contributed by atoms with Crippen LogP contribution < -0.4 is 10.1 Å². The summed E-state index contributed by atoms with van der Waals surface area (Å²) < 4.78 is 5.16.